The maximum Gasteiger partial charge on any atom is 0.141 e. The lowest BCUT2D eigenvalue weighted by molar-refractivity contribution is 1.33. The van der Waals surface area contributed by atoms with Gasteiger partial charge in [0.2, 0.25) is 0 Å². The fourth-order valence-electron chi connectivity index (χ4n) is 2.14. The van der Waals surface area contributed by atoms with Crippen LogP contribution in [0.5, 0.6) is 0 Å². The van der Waals surface area contributed by atoms with E-state index in [4.69, 9.17) is 5.26 Å². The Balaban J connectivity index is 0.000000133. The van der Waals surface area contributed by atoms with Gasteiger partial charge in [-0.3, -0.25) is 4.98 Å². The number of fused-ring (bicyclic) bond motifs is 2. The van der Waals surface area contributed by atoms with Crippen LogP contribution >= 0.6 is 0 Å². The normalized spacial score (nSPS) is 9.77. The van der Waals surface area contributed by atoms with Crippen molar-refractivity contribution in [3.63, 3.8) is 0 Å². The standard InChI is InChI=1S/C10H6N2.C9H7N/c11-7-9-6-5-8-3-1-2-4-10(8)12-9;1-2-6-9-8(4-1)5-3-7-10-9/h1-6H;1-7H. The first kappa shape index (κ1) is 13.7. The maximum absolute atomic E-state index is 8.58. The number of hydrogen-bond donors (Lipinski definition) is 0. The summed E-state index contributed by atoms with van der Waals surface area (Å²) in [6.45, 7) is 0. The number of benzene rings is 2. The van der Waals surface area contributed by atoms with Crippen molar-refractivity contribution in [2.45, 2.75) is 0 Å². The molecule has 0 aliphatic rings. The van der Waals surface area contributed by atoms with Gasteiger partial charge in [-0.25, -0.2) is 4.98 Å². The zero-order valence-electron chi connectivity index (χ0n) is 11.8. The van der Waals surface area contributed by atoms with Gasteiger partial charge in [-0.2, -0.15) is 5.26 Å². The van der Waals surface area contributed by atoms with Crippen LogP contribution in [0, 0.1) is 11.3 Å². The molecule has 0 fully saturated rings. The van der Waals surface area contributed by atoms with Crippen molar-refractivity contribution in [1.82, 2.24) is 9.97 Å². The van der Waals surface area contributed by atoms with Crippen molar-refractivity contribution in [1.29, 1.82) is 5.26 Å². The summed E-state index contributed by atoms with van der Waals surface area (Å²) in [5, 5.41) is 10.8. The van der Waals surface area contributed by atoms with Gasteiger partial charge in [0.1, 0.15) is 11.8 Å². The molecule has 0 bridgehead atoms. The summed E-state index contributed by atoms with van der Waals surface area (Å²) in [7, 11) is 0. The Morgan fingerprint density at radius 1 is 0.682 bits per heavy atom. The zero-order chi connectivity index (χ0) is 15.2. The molecule has 2 aromatic carbocycles. The Kier molecular flexibility index (Phi) is 4.03. The van der Waals surface area contributed by atoms with Crippen LogP contribution in [0.1, 0.15) is 5.69 Å². The Morgan fingerprint density at radius 3 is 2.05 bits per heavy atom. The molecule has 4 aromatic rings. The molecule has 0 saturated carbocycles. The minimum atomic E-state index is 0.466. The summed E-state index contributed by atoms with van der Waals surface area (Å²) in [4.78, 5) is 8.31. The van der Waals surface area contributed by atoms with Gasteiger partial charge in [0.05, 0.1) is 11.0 Å². The molecule has 0 radical (unpaired) electrons. The molecule has 0 amide bonds. The second kappa shape index (κ2) is 6.47. The van der Waals surface area contributed by atoms with E-state index in [0.29, 0.717) is 5.69 Å². The molecule has 0 aliphatic carbocycles. The highest BCUT2D eigenvalue weighted by Crippen LogP contribution is 2.10. The largest absolute Gasteiger partial charge is 0.256 e. The molecule has 2 aromatic heterocycles. The highest BCUT2D eigenvalue weighted by atomic mass is 14.7. The number of nitrogens with zero attached hydrogens (tertiary/aromatic N) is 3. The fourth-order valence-corrected chi connectivity index (χ4v) is 2.14. The lowest BCUT2D eigenvalue weighted by Gasteiger charge is -1.94. The molecule has 22 heavy (non-hydrogen) atoms. The minimum absolute atomic E-state index is 0.466. The summed E-state index contributed by atoms with van der Waals surface area (Å²) in [6.07, 6.45) is 1.81. The molecule has 0 N–H and O–H groups in total. The molecule has 3 nitrogen and oxygen atoms in total. The topological polar surface area (TPSA) is 49.6 Å². The van der Waals surface area contributed by atoms with E-state index in [-0.39, 0.29) is 0 Å². The maximum atomic E-state index is 8.58. The van der Waals surface area contributed by atoms with Crippen molar-refractivity contribution in [2.75, 3.05) is 0 Å². The summed E-state index contributed by atoms with van der Waals surface area (Å²) in [5.74, 6) is 0. The molecule has 0 aliphatic heterocycles. The van der Waals surface area contributed by atoms with Crippen LogP contribution in [0.3, 0.4) is 0 Å². The van der Waals surface area contributed by atoms with Crippen molar-refractivity contribution in [3.05, 3.63) is 84.7 Å². The van der Waals surface area contributed by atoms with E-state index >= 15 is 0 Å². The molecular weight excluding hydrogens is 270 g/mol. The van der Waals surface area contributed by atoms with Gasteiger partial charge >= 0.3 is 0 Å². The first-order chi connectivity index (χ1) is 10.9. The molecule has 0 unspecified atom stereocenters. The number of para-hydroxylation sites is 2. The highest BCUT2D eigenvalue weighted by Gasteiger charge is 1.94. The van der Waals surface area contributed by atoms with Crippen molar-refractivity contribution in [3.8, 4) is 6.07 Å². The number of aromatic nitrogens is 2. The molecule has 3 heteroatoms. The number of rotatable bonds is 0. The summed E-state index contributed by atoms with van der Waals surface area (Å²) < 4.78 is 0. The smallest absolute Gasteiger partial charge is 0.141 e. The number of pyridine rings is 2. The van der Waals surface area contributed by atoms with Gasteiger partial charge in [-0.1, -0.05) is 42.5 Å². The molecule has 104 valence electrons. The first-order valence-corrected chi connectivity index (χ1v) is 6.92. The van der Waals surface area contributed by atoms with Crippen molar-refractivity contribution in [2.24, 2.45) is 0 Å². The molecule has 2 heterocycles. The van der Waals surface area contributed by atoms with E-state index in [2.05, 4.69) is 22.1 Å². The van der Waals surface area contributed by atoms with Gasteiger partial charge in [0.25, 0.3) is 0 Å². The van der Waals surface area contributed by atoms with Crippen LogP contribution in [-0.4, -0.2) is 9.97 Å². The van der Waals surface area contributed by atoms with E-state index in [9.17, 15) is 0 Å². The van der Waals surface area contributed by atoms with Crippen LogP contribution in [0.15, 0.2) is 79.0 Å². The lowest BCUT2D eigenvalue weighted by atomic mass is 10.2. The third-order valence-electron chi connectivity index (χ3n) is 3.23. The van der Waals surface area contributed by atoms with Crippen LogP contribution in [-0.2, 0) is 0 Å². The predicted molar refractivity (Wildman–Crippen MR) is 88.2 cm³/mol. The summed E-state index contributed by atoms with van der Waals surface area (Å²) in [5.41, 5.74) is 2.40. The summed E-state index contributed by atoms with van der Waals surface area (Å²) in [6, 6.07) is 25.5. The monoisotopic (exact) mass is 283 g/mol. The van der Waals surface area contributed by atoms with Crippen molar-refractivity contribution >= 4 is 21.8 Å². The third kappa shape index (κ3) is 3.08. The van der Waals surface area contributed by atoms with Gasteiger partial charge in [0.15, 0.2) is 0 Å². The van der Waals surface area contributed by atoms with Gasteiger partial charge in [0, 0.05) is 17.0 Å². The third-order valence-corrected chi connectivity index (χ3v) is 3.23. The highest BCUT2D eigenvalue weighted by molar-refractivity contribution is 5.79. The molecule has 0 atom stereocenters. The van der Waals surface area contributed by atoms with E-state index in [1.54, 1.807) is 6.07 Å². The van der Waals surface area contributed by atoms with Gasteiger partial charge in [-0.05, 0) is 30.3 Å². The minimum Gasteiger partial charge on any atom is -0.256 e. The average Bonchev–Trinajstić information content (AvgIpc) is 2.62. The first-order valence-electron chi connectivity index (χ1n) is 6.92. The van der Waals surface area contributed by atoms with Crippen LogP contribution in [0.4, 0.5) is 0 Å². The molecule has 0 spiro atoms. The van der Waals surface area contributed by atoms with E-state index in [1.807, 2.05) is 66.9 Å². The number of nitriles is 1. The van der Waals surface area contributed by atoms with E-state index in [0.717, 1.165) is 16.4 Å². The second-order valence-corrected chi connectivity index (χ2v) is 4.70. The van der Waals surface area contributed by atoms with Crippen LogP contribution in [0.25, 0.3) is 21.8 Å². The molecule has 4 rings (SSSR count). The Bertz CT molecular complexity index is 889. The Labute approximate surface area is 128 Å². The average molecular weight is 283 g/mol. The van der Waals surface area contributed by atoms with Gasteiger partial charge in [-0.15, -0.1) is 0 Å². The Hall–Kier alpha value is -3.25. The second-order valence-electron chi connectivity index (χ2n) is 4.70. The Morgan fingerprint density at radius 2 is 1.32 bits per heavy atom. The molecular formula is C19H13N3. The lowest BCUT2D eigenvalue weighted by Crippen LogP contribution is -1.82. The van der Waals surface area contributed by atoms with Crippen molar-refractivity contribution < 1.29 is 0 Å². The summed E-state index contributed by atoms with van der Waals surface area (Å²) >= 11 is 0. The SMILES string of the molecule is N#Cc1ccc2ccccc2n1.c1ccc2ncccc2c1. The predicted octanol–water partition coefficient (Wildman–Crippen LogP) is 4.34. The van der Waals surface area contributed by atoms with E-state index in [1.165, 1.54) is 5.39 Å². The van der Waals surface area contributed by atoms with Crippen LogP contribution in [0.2, 0.25) is 0 Å². The van der Waals surface area contributed by atoms with E-state index < -0.39 is 0 Å². The molecule has 0 saturated heterocycles. The zero-order valence-corrected chi connectivity index (χ0v) is 11.8. The van der Waals surface area contributed by atoms with Crippen LogP contribution < -0.4 is 0 Å². The van der Waals surface area contributed by atoms with Gasteiger partial charge < -0.3 is 0 Å². The quantitative estimate of drug-likeness (QED) is 0.482. The number of hydrogen-bond acceptors (Lipinski definition) is 3. The fraction of sp³-hybridized carbons (Fsp3) is 0.